The average molecular weight is 462 g/mol. The number of hydrogen-bond acceptors (Lipinski definition) is 5. The number of piperidine rings is 1. The quantitative estimate of drug-likeness (QED) is 0.520. The molecule has 2 N–H and O–H groups in total. The van der Waals surface area contributed by atoms with E-state index in [-0.39, 0.29) is 12.3 Å². The molecule has 7 nitrogen and oxygen atoms in total. The Balaban J connectivity index is 1.41. The van der Waals surface area contributed by atoms with Crippen LogP contribution in [0.1, 0.15) is 36.9 Å². The lowest BCUT2D eigenvalue weighted by atomic mass is 9.92. The molecule has 1 aromatic carbocycles. The van der Waals surface area contributed by atoms with Crippen molar-refractivity contribution in [2.75, 3.05) is 18.4 Å². The number of carbonyl (C=O) groups is 2. The van der Waals surface area contributed by atoms with Crippen molar-refractivity contribution in [2.24, 2.45) is 0 Å². The molecular formula is C26H28FN5O2. The predicted octanol–water partition coefficient (Wildman–Crippen LogP) is 3.97. The maximum absolute atomic E-state index is 15.8. The summed E-state index contributed by atoms with van der Waals surface area (Å²) in [5.74, 6) is -2.20. The first kappa shape index (κ1) is 23.4. The zero-order valence-corrected chi connectivity index (χ0v) is 19.1. The molecule has 0 radical (unpaired) electrons. The van der Waals surface area contributed by atoms with Crippen molar-refractivity contribution in [3.05, 3.63) is 84.2 Å². The molecule has 3 aromatic rings. The van der Waals surface area contributed by atoms with Crippen molar-refractivity contribution in [2.45, 2.75) is 37.9 Å². The minimum absolute atomic E-state index is 0.151. The van der Waals surface area contributed by atoms with Gasteiger partial charge in [0.2, 0.25) is 5.91 Å². The molecule has 1 unspecified atom stereocenters. The van der Waals surface area contributed by atoms with Crippen LogP contribution in [0.2, 0.25) is 0 Å². The van der Waals surface area contributed by atoms with Gasteiger partial charge >= 0.3 is 0 Å². The number of rotatable bonds is 7. The van der Waals surface area contributed by atoms with Crippen molar-refractivity contribution in [3.63, 3.8) is 0 Å². The van der Waals surface area contributed by atoms with Gasteiger partial charge in [0, 0.05) is 44.2 Å². The molecule has 2 aromatic heterocycles. The van der Waals surface area contributed by atoms with Gasteiger partial charge < -0.3 is 15.5 Å². The van der Waals surface area contributed by atoms with Crippen LogP contribution in [0.5, 0.6) is 0 Å². The zero-order valence-electron chi connectivity index (χ0n) is 19.1. The van der Waals surface area contributed by atoms with Crippen molar-refractivity contribution in [1.82, 2.24) is 20.2 Å². The van der Waals surface area contributed by atoms with E-state index in [1.165, 1.54) is 11.8 Å². The molecule has 4 rings (SSSR count). The number of nitrogens with one attached hydrogen (secondary N) is 2. The number of likely N-dealkylation sites (tertiary alicyclic amines) is 1. The number of nitrogens with zero attached hydrogens (tertiary/aromatic N) is 3. The summed E-state index contributed by atoms with van der Waals surface area (Å²) in [6.45, 7) is 2.00. The van der Waals surface area contributed by atoms with Gasteiger partial charge in [0.15, 0.2) is 0 Å². The second-order valence-corrected chi connectivity index (χ2v) is 8.50. The average Bonchev–Trinajstić information content (AvgIpc) is 2.84. The minimum Gasteiger partial charge on any atom is -0.338 e. The molecule has 1 atom stereocenters. The van der Waals surface area contributed by atoms with Gasteiger partial charge in [-0.2, -0.15) is 0 Å². The first-order valence-corrected chi connectivity index (χ1v) is 11.4. The lowest BCUT2D eigenvalue weighted by Crippen LogP contribution is -2.58. The molecule has 8 heteroatoms. The first-order chi connectivity index (χ1) is 16.4. The van der Waals surface area contributed by atoms with E-state index >= 15 is 4.39 Å². The SMILES string of the molecule is CC(=O)NC(F)(Cc1ccccc1)C(=O)N1CCC(c2cccc(Nc3ccccn3)n2)CC1. The number of benzene rings is 1. The van der Waals surface area contributed by atoms with Crippen molar-refractivity contribution in [1.29, 1.82) is 0 Å². The number of anilines is 2. The van der Waals surface area contributed by atoms with Crippen LogP contribution in [-0.4, -0.2) is 45.6 Å². The molecule has 1 fully saturated rings. The smallest absolute Gasteiger partial charge is 0.281 e. The molecule has 0 aliphatic carbocycles. The van der Waals surface area contributed by atoms with Crippen LogP contribution >= 0.6 is 0 Å². The molecule has 0 bridgehead atoms. The highest BCUT2D eigenvalue weighted by molar-refractivity contribution is 5.89. The lowest BCUT2D eigenvalue weighted by molar-refractivity contribution is -0.151. The number of hydrogen-bond donors (Lipinski definition) is 2. The van der Waals surface area contributed by atoms with Gasteiger partial charge in [-0.05, 0) is 42.7 Å². The Morgan fingerprint density at radius 3 is 2.38 bits per heavy atom. The maximum Gasteiger partial charge on any atom is 0.281 e. The molecular weight excluding hydrogens is 433 g/mol. The van der Waals surface area contributed by atoms with Crippen LogP contribution in [0.4, 0.5) is 16.0 Å². The summed E-state index contributed by atoms with van der Waals surface area (Å²) in [6.07, 6.45) is 2.82. The zero-order chi connectivity index (χ0) is 24.0. The van der Waals surface area contributed by atoms with Gasteiger partial charge in [-0.3, -0.25) is 9.59 Å². The van der Waals surface area contributed by atoms with Gasteiger partial charge in [0.25, 0.3) is 11.7 Å². The molecule has 2 amide bonds. The number of pyridine rings is 2. The number of aromatic nitrogens is 2. The van der Waals surface area contributed by atoms with E-state index in [1.807, 2.05) is 42.5 Å². The summed E-state index contributed by atoms with van der Waals surface area (Å²) in [4.78, 5) is 35.3. The fraction of sp³-hybridized carbons (Fsp3) is 0.308. The minimum atomic E-state index is -2.48. The fourth-order valence-corrected chi connectivity index (χ4v) is 4.27. The molecule has 176 valence electrons. The highest BCUT2D eigenvalue weighted by atomic mass is 19.1. The normalized spacial score (nSPS) is 15.9. The molecule has 0 saturated carbocycles. The van der Waals surface area contributed by atoms with E-state index in [0.29, 0.717) is 43.1 Å². The summed E-state index contributed by atoms with van der Waals surface area (Å²) in [5, 5.41) is 5.45. The second kappa shape index (κ2) is 10.4. The monoisotopic (exact) mass is 461 g/mol. The lowest BCUT2D eigenvalue weighted by Gasteiger charge is -2.36. The number of halogens is 1. The summed E-state index contributed by atoms with van der Waals surface area (Å²) in [6, 6.07) is 20.3. The van der Waals surface area contributed by atoms with Crippen LogP contribution in [0.15, 0.2) is 72.9 Å². The molecule has 1 aliphatic heterocycles. The summed E-state index contributed by atoms with van der Waals surface area (Å²) < 4.78 is 15.8. The third-order valence-electron chi connectivity index (χ3n) is 5.90. The summed E-state index contributed by atoms with van der Waals surface area (Å²) in [5.41, 5.74) is 1.56. The number of amides is 2. The Hall–Kier alpha value is -3.81. The highest BCUT2D eigenvalue weighted by Crippen LogP contribution is 2.30. The summed E-state index contributed by atoms with van der Waals surface area (Å²) >= 11 is 0. The van der Waals surface area contributed by atoms with Gasteiger partial charge in [-0.1, -0.05) is 42.5 Å². The number of alkyl halides is 1. The molecule has 34 heavy (non-hydrogen) atoms. The van der Waals surface area contributed by atoms with Crippen LogP contribution in [0, 0.1) is 0 Å². The Labute approximate surface area is 198 Å². The second-order valence-electron chi connectivity index (χ2n) is 8.50. The number of carbonyl (C=O) groups excluding carboxylic acids is 2. The van der Waals surface area contributed by atoms with Crippen molar-refractivity contribution >= 4 is 23.5 Å². The third-order valence-corrected chi connectivity index (χ3v) is 5.90. The molecule has 1 saturated heterocycles. The van der Waals surface area contributed by atoms with E-state index < -0.39 is 17.6 Å². The van der Waals surface area contributed by atoms with E-state index in [2.05, 4.69) is 15.6 Å². The third kappa shape index (κ3) is 5.75. The van der Waals surface area contributed by atoms with E-state index in [4.69, 9.17) is 4.98 Å². The van der Waals surface area contributed by atoms with Crippen molar-refractivity contribution in [3.8, 4) is 0 Å². The van der Waals surface area contributed by atoms with Crippen molar-refractivity contribution < 1.29 is 14.0 Å². The van der Waals surface area contributed by atoms with Gasteiger partial charge in [0.1, 0.15) is 11.6 Å². The highest BCUT2D eigenvalue weighted by Gasteiger charge is 2.43. The summed E-state index contributed by atoms with van der Waals surface area (Å²) in [7, 11) is 0. The molecule has 1 aliphatic rings. The standard InChI is InChI=1S/C26H28FN5O2/c1-19(33)31-26(27,18-20-8-3-2-4-9-20)25(34)32-16-13-21(14-17-32)22-10-7-12-24(29-22)30-23-11-5-6-15-28-23/h2-12,15,21H,13-14,16-18H2,1H3,(H,31,33)(H,28,29,30). The Bertz CT molecular complexity index is 1120. The first-order valence-electron chi connectivity index (χ1n) is 11.4. The van der Waals surface area contributed by atoms with Gasteiger partial charge in [-0.15, -0.1) is 0 Å². The van der Waals surface area contributed by atoms with Crippen LogP contribution < -0.4 is 10.6 Å². The topological polar surface area (TPSA) is 87.2 Å². The van der Waals surface area contributed by atoms with Crippen LogP contribution in [-0.2, 0) is 16.0 Å². The molecule has 0 spiro atoms. The van der Waals surface area contributed by atoms with Crippen LogP contribution in [0.25, 0.3) is 0 Å². The molecule has 3 heterocycles. The Morgan fingerprint density at radius 1 is 1.00 bits per heavy atom. The predicted molar refractivity (Wildman–Crippen MR) is 128 cm³/mol. The Kier molecular flexibility index (Phi) is 7.15. The Morgan fingerprint density at radius 2 is 1.71 bits per heavy atom. The van der Waals surface area contributed by atoms with E-state index in [1.54, 1.807) is 30.5 Å². The van der Waals surface area contributed by atoms with Gasteiger partial charge in [-0.25, -0.2) is 14.4 Å². The van der Waals surface area contributed by atoms with Gasteiger partial charge in [0.05, 0.1) is 0 Å². The fourth-order valence-electron chi connectivity index (χ4n) is 4.27. The van der Waals surface area contributed by atoms with E-state index in [9.17, 15) is 9.59 Å². The largest absolute Gasteiger partial charge is 0.338 e. The van der Waals surface area contributed by atoms with Crippen LogP contribution in [0.3, 0.4) is 0 Å². The van der Waals surface area contributed by atoms with E-state index in [0.717, 1.165) is 5.69 Å². The maximum atomic E-state index is 15.8.